The van der Waals surface area contributed by atoms with Crippen LogP contribution in [0, 0.1) is 0 Å². The van der Waals surface area contributed by atoms with Gasteiger partial charge in [-0.2, -0.15) is 0 Å². The van der Waals surface area contributed by atoms with E-state index >= 15 is 0 Å². The van der Waals surface area contributed by atoms with E-state index in [9.17, 15) is 9.59 Å². The molecule has 27 heavy (non-hydrogen) atoms. The van der Waals surface area contributed by atoms with Gasteiger partial charge in [-0.15, -0.1) is 0 Å². The van der Waals surface area contributed by atoms with Crippen molar-refractivity contribution >= 4 is 50.8 Å². The van der Waals surface area contributed by atoms with Crippen LogP contribution in [-0.4, -0.2) is 5.97 Å². The number of rotatable bonds is 3. The third-order valence-corrected chi connectivity index (χ3v) is 5.31. The molecule has 7 heteroatoms. The maximum Gasteiger partial charge on any atom is 0.396 e. The molecule has 0 unspecified atom stereocenters. The lowest BCUT2D eigenvalue weighted by molar-refractivity contribution is 0.0735. The molecule has 0 spiro atoms. The van der Waals surface area contributed by atoms with Crippen molar-refractivity contribution in [3.8, 4) is 16.9 Å². The summed E-state index contributed by atoms with van der Waals surface area (Å²) in [5, 5.41) is 0.783. The molecule has 0 atom stereocenters. The fourth-order valence-electron chi connectivity index (χ4n) is 2.68. The molecule has 0 saturated heterocycles. The number of hydrogen-bond donors (Lipinski definition) is 0. The molecule has 1 heterocycles. The number of ether oxygens (including phenoxy) is 1. The molecule has 0 N–H and O–H groups in total. The van der Waals surface area contributed by atoms with E-state index in [1.165, 1.54) is 0 Å². The number of hydrogen-bond acceptors (Lipinski definition) is 5. The van der Waals surface area contributed by atoms with Crippen LogP contribution in [0.15, 0.2) is 69.9 Å². The molecule has 0 radical (unpaired) electrons. The third kappa shape index (κ3) is 3.49. The Balaban J connectivity index is 1.83. The van der Waals surface area contributed by atoms with Crippen molar-refractivity contribution in [2.45, 2.75) is 0 Å². The van der Waals surface area contributed by atoms with Crippen molar-refractivity contribution in [2.24, 2.45) is 0 Å². The molecule has 0 saturated carbocycles. The van der Waals surface area contributed by atoms with Gasteiger partial charge in [0.2, 0.25) is 0 Å². The van der Waals surface area contributed by atoms with Crippen LogP contribution in [0.2, 0.25) is 10.0 Å². The Morgan fingerprint density at radius 2 is 1.63 bits per heavy atom. The first-order valence-electron chi connectivity index (χ1n) is 7.82. The zero-order valence-electron chi connectivity index (χ0n) is 13.6. The van der Waals surface area contributed by atoms with E-state index in [2.05, 4.69) is 0 Å². The largest absolute Gasteiger partial charge is 0.423 e. The summed E-state index contributed by atoms with van der Waals surface area (Å²) in [4.78, 5) is 23.8. The molecular formula is C20H10Cl2O4S. The van der Waals surface area contributed by atoms with Gasteiger partial charge in [0.1, 0.15) is 5.75 Å². The maximum absolute atomic E-state index is 12.5. The van der Waals surface area contributed by atoms with Gasteiger partial charge in [0.25, 0.3) is 0 Å². The number of carbonyl (C=O) groups is 1. The van der Waals surface area contributed by atoms with Crippen LogP contribution >= 0.6 is 34.5 Å². The van der Waals surface area contributed by atoms with E-state index in [0.717, 1.165) is 11.3 Å². The highest BCUT2D eigenvalue weighted by molar-refractivity contribution is 7.16. The fourth-order valence-corrected chi connectivity index (χ4v) is 3.85. The average molecular weight is 417 g/mol. The van der Waals surface area contributed by atoms with Crippen LogP contribution in [0.1, 0.15) is 10.4 Å². The molecule has 4 nitrogen and oxygen atoms in total. The van der Waals surface area contributed by atoms with Crippen LogP contribution in [-0.2, 0) is 0 Å². The summed E-state index contributed by atoms with van der Waals surface area (Å²) >= 11 is 13.3. The lowest BCUT2D eigenvalue weighted by Gasteiger charge is -2.09. The van der Waals surface area contributed by atoms with Gasteiger partial charge in [-0.3, -0.25) is 0 Å². The summed E-state index contributed by atoms with van der Waals surface area (Å²) in [7, 11) is 0. The molecule has 0 fully saturated rings. The number of carbonyl (C=O) groups excluding carboxylic acids is 1. The Labute approximate surface area is 167 Å². The lowest BCUT2D eigenvalue weighted by atomic mass is 10.0. The highest BCUT2D eigenvalue weighted by atomic mass is 35.5. The molecule has 3 aromatic carbocycles. The molecule has 0 aliphatic heterocycles. The van der Waals surface area contributed by atoms with Crippen LogP contribution in [0.4, 0.5) is 0 Å². The summed E-state index contributed by atoms with van der Waals surface area (Å²) < 4.78 is 11.4. The molecule has 0 amide bonds. The monoisotopic (exact) mass is 416 g/mol. The van der Waals surface area contributed by atoms with E-state index < -0.39 is 10.9 Å². The van der Waals surface area contributed by atoms with Gasteiger partial charge in [-0.1, -0.05) is 64.9 Å². The zero-order valence-corrected chi connectivity index (χ0v) is 15.9. The first-order valence-corrected chi connectivity index (χ1v) is 9.39. The van der Waals surface area contributed by atoms with Crippen molar-refractivity contribution in [2.75, 3.05) is 0 Å². The zero-order chi connectivity index (χ0) is 19.0. The van der Waals surface area contributed by atoms with E-state index in [4.69, 9.17) is 32.4 Å². The second-order valence-corrected chi connectivity index (χ2v) is 7.39. The molecule has 0 aliphatic carbocycles. The van der Waals surface area contributed by atoms with Gasteiger partial charge in [0.05, 0.1) is 15.3 Å². The van der Waals surface area contributed by atoms with Gasteiger partial charge in [-0.05, 0) is 24.3 Å². The molecule has 4 aromatic rings. The van der Waals surface area contributed by atoms with Gasteiger partial charge in [0.15, 0.2) is 5.58 Å². The first kappa shape index (κ1) is 17.8. The number of benzene rings is 3. The SMILES string of the molecule is O=C(Oc1cc(-c2ccccc2Cl)c2oc(=O)sc2c1)c1ccccc1Cl. The van der Waals surface area contributed by atoms with Crippen LogP contribution in [0.3, 0.4) is 0 Å². The summed E-state index contributed by atoms with van der Waals surface area (Å²) in [5.74, 6) is -0.333. The second-order valence-electron chi connectivity index (χ2n) is 5.60. The summed E-state index contributed by atoms with van der Waals surface area (Å²) in [5.41, 5.74) is 1.88. The first-order chi connectivity index (χ1) is 13.0. The van der Waals surface area contributed by atoms with E-state index in [-0.39, 0.29) is 11.3 Å². The Morgan fingerprint density at radius 1 is 0.926 bits per heavy atom. The minimum absolute atomic E-state index is 0.249. The van der Waals surface area contributed by atoms with Crippen molar-refractivity contribution in [3.63, 3.8) is 0 Å². The van der Waals surface area contributed by atoms with Crippen molar-refractivity contribution in [1.82, 2.24) is 0 Å². The maximum atomic E-state index is 12.5. The molecular weight excluding hydrogens is 407 g/mol. The average Bonchev–Trinajstić information content (AvgIpc) is 3.02. The van der Waals surface area contributed by atoms with Crippen LogP contribution in [0.25, 0.3) is 21.4 Å². The molecule has 4 rings (SSSR count). The fraction of sp³-hybridized carbons (Fsp3) is 0. The minimum Gasteiger partial charge on any atom is -0.423 e. The topological polar surface area (TPSA) is 56.5 Å². The molecule has 1 aromatic heterocycles. The Kier molecular flexibility index (Phi) is 4.74. The second kappa shape index (κ2) is 7.19. The number of fused-ring (bicyclic) bond motifs is 1. The van der Waals surface area contributed by atoms with Crippen molar-refractivity contribution < 1.29 is 13.9 Å². The highest BCUT2D eigenvalue weighted by Crippen LogP contribution is 2.37. The van der Waals surface area contributed by atoms with E-state index in [1.54, 1.807) is 54.6 Å². The predicted molar refractivity (Wildman–Crippen MR) is 107 cm³/mol. The van der Waals surface area contributed by atoms with Crippen molar-refractivity contribution in [1.29, 1.82) is 0 Å². The standard InChI is InChI=1S/C20H10Cl2O4S/c21-15-7-3-1-5-12(15)14-9-11(10-17-18(14)26-20(24)27-17)25-19(23)13-6-2-4-8-16(13)22/h1-10H. The summed E-state index contributed by atoms with van der Waals surface area (Å²) in [6.45, 7) is 0. The third-order valence-electron chi connectivity index (χ3n) is 3.88. The number of halogens is 2. The van der Waals surface area contributed by atoms with Crippen molar-refractivity contribution in [3.05, 3.63) is 86.0 Å². The van der Waals surface area contributed by atoms with Gasteiger partial charge < -0.3 is 9.15 Å². The quantitative estimate of drug-likeness (QED) is 0.301. The predicted octanol–water partition coefficient (Wildman–Crippen LogP) is 6.05. The lowest BCUT2D eigenvalue weighted by Crippen LogP contribution is -2.09. The summed E-state index contributed by atoms with van der Waals surface area (Å²) in [6.07, 6.45) is 0. The Morgan fingerprint density at radius 3 is 2.37 bits per heavy atom. The smallest absolute Gasteiger partial charge is 0.396 e. The molecule has 134 valence electrons. The van der Waals surface area contributed by atoms with Crippen LogP contribution in [0.5, 0.6) is 5.75 Å². The van der Waals surface area contributed by atoms with E-state index in [1.807, 2.05) is 6.07 Å². The van der Waals surface area contributed by atoms with Crippen LogP contribution < -0.4 is 9.68 Å². The Bertz CT molecular complexity index is 1230. The normalized spacial score (nSPS) is 10.9. The van der Waals surface area contributed by atoms with Gasteiger partial charge in [-0.25, -0.2) is 9.59 Å². The molecule has 0 aliphatic rings. The molecule has 0 bridgehead atoms. The van der Waals surface area contributed by atoms with E-state index in [0.29, 0.717) is 31.5 Å². The summed E-state index contributed by atoms with van der Waals surface area (Å²) in [6, 6.07) is 17.0. The van der Waals surface area contributed by atoms with Gasteiger partial charge >= 0.3 is 10.9 Å². The Hall–Kier alpha value is -2.60. The minimum atomic E-state index is -0.596. The van der Waals surface area contributed by atoms with Gasteiger partial charge in [0, 0.05) is 22.2 Å². The highest BCUT2D eigenvalue weighted by Gasteiger charge is 2.18. The number of esters is 1.